The topological polar surface area (TPSA) is 24.1 Å². The Labute approximate surface area is 100 Å². The third kappa shape index (κ3) is 3.46. The summed E-state index contributed by atoms with van der Waals surface area (Å²) in [6.45, 7) is 11.0. The van der Waals surface area contributed by atoms with Gasteiger partial charge in [-0.15, -0.1) is 0 Å². The smallest absolute Gasteiger partial charge is 0.0344 e. The molecule has 0 saturated heterocycles. The second-order valence-corrected chi connectivity index (χ2v) is 4.72. The van der Waals surface area contributed by atoms with Crippen LogP contribution in [0.5, 0.6) is 0 Å². The molecule has 0 aromatic carbocycles. The van der Waals surface area contributed by atoms with Crippen LogP contribution in [0.2, 0.25) is 0 Å². The van der Waals surface area contributed by atoms with Gasteiger partial charge in [-0.2, -0.15) is 0 Å². The molecule has 0 bridgehead atoms. The highest BCUT2D eigenvalue weighted by atomic mass is 14.9. The molecular formula is C14H26N2. The molecule has 2 nitrogen and oxygen atoms in total. The quantitative estimate of drug-likeness (QED) is 0.617. The average molecular weight is 222 g/mol. The summed E-state index contributed by atoms with van der Waals surface area (Å²) in [5.74, 6) is 0. The van der Waals surface area contributed by atoms with Gasteiger partial charge in [0.2, 0.25) is 0 Å². The Balaban J connectivity index is 2.49. The summed E-state index contributed by atoms with van der Waals surface area (Å²) >= 11 is 0. The molecule has 0 saturated carbocycles. The van der Waals surface area contributed by atoms with E-state index in [1.165, 1.54) is 18.4 Å². The zero-order valence-electron chi connectivity index (χ0n) is 11.0. The van der Waals surface area contributed by atoms with Crippen LogP contribution >= 0.6 is 0 Å². The highest BCUT2D eigenvalue weighted by molar-refractivity contribution is 5.33. The number of rotatable bonds is 8. The maximum Gasteiger partial charge on any atom is 0.0344 e. The average Bonchev–Trinajstić information content (AvgIpc) is 2.62. The predicted molar refractivity (Wildman–Crippen MR) is 71.7 cm³/mol. The molecule has 92 valence electrons. The van der Waals surface area contributed by atoms with Crippen molar-refractivity contribution in [2.45, 2.75) is 33.6 Å². The molecule has 0 spiro atoms. The van der Waals surface area contributed by atoms with Gasteiger partial charge < -0.3 is 10.6 Å². The van der Waals surface area contributed by atoms with Crippen LogP contribution in [0, 0.1) is 5.41 Å². The molecule has 0 aromatic heterocycles. The maximum absolute atomic E-state index is 3.54. The van der Waals surface area contributed by atoms with Crippen LogP contribution in [0.3, 0.4) is 0 Å². The highest BCUT2D eigenvalue weighted by Gasteiger charge is 2.30. The summed E-state index contributed by atoms with van der Waals surface area (Å²) in [5, 5.41) is 7.09. The summed E-state index contributed by atoms with van der Waals surface area (Å²) in [7, 11) is 0. The number of nitrogens with one attached hydrogen (secondary N) is 2. The van der Waals surface area contributed by atoms with Crippen molar-refractivity contribution in [2.24, 2.45) is 5.41 Å². The molecule has 2 N–H and O–H groups in total. The van der Waals surface area contributed by atoms with Gasteiger partial charge in [0, 0.05) is 18.5 Å². The van der Waals surface area contributed by atoms with Crippen molar-refractivity contribution in [1.82, 2.24) is 10.6 Å². The third-order valence-electron chi connectivity index (χ3n) is 3.28. The van der Waals surface area contributed by atoms with Gasteiger partial charge in [0.1, 0.15) is 0 Å². The fraction of sp³-hybridized carbons (Fsp3) is 0.714. The summed E-state index contributed by atoms with van der Waals surface area (Å²) in [5.41, 5.74) is 1.68. The minimum absolute atomic E-state index is 0.213. The standard InChI is InChI=1S/C14H26N2/c1-4-9-15-11-14(12-16-10-5-2)8-6-7-13(14)3/h6-8,15-16H,4-5,9-12H2,1-3H3. The van der Waals surface area contributed by atoms with Crippen molar-refractivity contribution < 1.29 is 0 Å². The largest absolute Gasteiger partial charge is 0.316 e. The Morgan fingerprint density at radius 2 is 1.62 bits per heavy atom. The fourth-order valence-electron chi connectivity index (χ4n) is 2.11. The lowest BCUT2D eigenvalue weighted by atomic mass is 9.83. The van der Waals surface area contributed by atoms with E-state index in [0.29, 0.717) is 0 Å². The first-order valence-electron chi connectivity index (χ1n) is 6.53. The van der Waals surface area contributed by atoms with E-state index in [1.54, 1.807) is 0 Å². The predicted octanol–water partition coefficient (Wildman–Crippen LogP) is 2.49. The van der Waals surface area contributed by atoms with Crippen LogP contribution in [0.4, 0.5) is 0 Å². The molecule has 1 rings (SSSR count). The minimum Gasteiger partial charge on any atom is -0.316 e. The first-order chi connectivity index (χ1) is 7.75. The molecule has 16 heavy (non-hydrogen) atoms. The number of hydrogen-bond donors (Lipinski definition) is 2. The van der Waals surface area contributed by atoms with Gasteiger partial charge in [-0.05, 0) is 32.9 Å². The van der Waals surface area contributed by atoms with Crippen molar-refractivity contribution in [1.29, 1.82) is 0 Å². The van der Waals surface area contributed by atoms with E-state index < -0.39 is 0 Å². The maximum atomic E-state index is 3.54. The van der Waals surface area contributed by atoms with E-state index >= 15 is 0 Å². The second-order valence-electron chi connectivity index (χ2n) is 4.72. The molecule has 1 aliphatic rings. The van der Waals surface area contributed by atoms with Gasteiger partial charge in [-0.1, -0.05) is 37.6 Å². The normalized spacial score (nSPS) is 17.8. The summed E-state index contributed by atoms with van der Waals surface area (Å²) in [6.07, 6.45) is 9.17. The molecule has 0 atom stereocenters. The first-order valence-corrected chi connectivity index (χ1v) is 6.53. The van der Waals surface area contributed by atoms with Crippen LogP contribution < -0.4 is 10.6 Å². The monoisotopic (exact) mass is 222 g/mol. The molecule has 0 aliphatic heterocycles. The Hall–Kier alpha value is -0.600. The molecule has 0 unspecified atom stereocenters. The molecule has 1 aliphatic carbocycles. The molecule has 0 radical (unpaired) electrons. The first kappa shape index (κ1) is 13.5. The van der Waals surface area contributed by atoms with Crippen LogP contribution in [0.25, 0.3) is 0 Å². The van der Waals surface area contributed by atoms with Gasteiger partial charge in [0.15, 0.2) is 0 Å². The minimum atomic E-state index is 0.213. The zero-order valence-corrected chi connectivity index (χ0v) is 11.0. The molecule has 2 heteroatoms. The Morgan fingerprint density at radius 1 is 1.06 bits per heavy atom. The van der Waals surface area contributed by atoms with Crippen LogP contribution in [0.1, 0.15) is 33.6 Å². The van der Waals surface area contributed by atoms with Crippen molar-refractivity contribution in [3.63, 3.8) is 0 Å². The van der Waals surface area contributed by atoms with Gasteiger partial charge in [-0.3, -0.25) is 0 Å². The summed E-state index contributed by atoms with van der Waals surface area (Å²) in [4.78, 5) is 0. The van der Waals surface area contributed by atoms with Crippen molar-refractivity contribution >= 4 is 0 Å². The third-order valence-corrected chi connectivity index (χ3v) is 3.28. The van der Waals surface area contributed by atoms with Gasteiger partial charge in [-0.25, -0.2) is 0 Å². The SMILES string of the molecule is CCCNCC1(CNCCC)C=CC=C1C. The summed E-state index contributed by atoms with van der Waals surface area (Å²) in [6, 6.07) is 0. The molecule has 0 amide bonds. The second kappa shape index (κ2) is 6.87. The Morgan fingerprint density at radius 3 is 2.00 bits per heavy atom. The van der Waals surface area contributed by atoms with E-state index in [1.807, 2.05) is 0 Å². The van der Waals surface area contributed by atoms with Crippen LogP contribution in [0.15, 0.2) is 23.8 Å². The van der Waals surface area contributed by atoms with Crippen LogP contribution in [-0.2, 0) is 0 Å². The molecule has 0 aromatic rings. The molecule has 0 heterocycles. The molecule has 0 fully saturated rings. The zero-order chi connectivity index (χ0) is 11.9. The van der Waals surface area contributed by atoms with Gasteiger partial charge >= 0.3 is 0 Å². The lowest BCUT2D eigenvalue weighted by Crippen LogP contribution is -2.41. The van der Waals surface area contributed by atoms with E-state index in [-0.39, 0.29) is 5.41 Å². The van der Waals surface area contributed by atoms with Gasteiger partial charge in [0.05, 0.1) is 0 Å². The Bertz CT molecular complexity index is 243. The van der Waals surface area contributed by atoms with Crippen molar-refractivity contribution in [3.05, 3.63) is 23.8 Å². The summed E-state index contributed by atoms with van der Waals surface area (Å²) < 4.78 is 0. The van der Waals surface area contributed by atoms with E-state index in [2.05, 4.69) is 49.6 Å². The van der Waals surface area contributed by atoms with Crippen molar-refractivity contribution in [3.8, 4) is 0 Å². The number of allylic oxidation sites excluding steroid dienone is 2. The van der Waals surface area contributed by atoms with E-state index in [0.717, 1.165) is 26.2 Å². The van der Waals surface area contributed by atoms with E-state index in [9.17, 15) is 0 Å². The fourth-order valence-corrected chi connectivity index (χ4v) is 2.11. The van der Waals surface area contributed by atoms with Gasteiger partial charge in [0.25, 0.3) is 0 Å². The van der Waals surface area contributed by atoms with E-state index in [4.69, 9.17) is 0 Å². The van der Waals surface area contributed by atoms with Crippen molar-refractivity contribution in [2.75, 3.05) is 26.2 Å². The Kier molecular flexibility index (Phi) is 5.78. The highest BCUT2D eigenvalue weighted by Crippen LogP contribution is 2.32. The number of hydrogen-bond acceptors (Lipinski definition) is 2. The lowest BCUT2D eigenvalue weighted by molar-refractivity contribution is 0.396. The molecular weight excluding hydrogens is 196 g/mol. The van der Waals surface area contributed by atoms with Crippen LogP contribution in [-0.4, -0.2) is 26.2 Å². The lowest BCUT2D eigenvalue weighted by Gasteiger charge is -2.30.